The molecule has 0 aliphatic carbocycles. The molecule has 10 rings (SSSR count). The van der Waals surface area contributed by atoms with E-state index in [1.165, 1.54) is 44.5 Å². The van der Waals surface area contributed by atoms with Crippen LogP contribution >= 0.6 is 0 Å². The van der Waals surface area contributed by atoms with E-state index in [0.29, 0.717) is 0 Å². The number of hydrogen-bond acceptors (Lipinski definition) is 3. The molecule has 0 aromatic heterocycles. The van der Waals surface area contributed by atoms with Crippen LogP contribution in [0.1, 0.15) is 95.9 Å². The predicted octanol–water partition coefficient (Wildman–Crippen LogP) is 15.8. The van der Waals surface area contributed by atoms with Crippen LogP contribution in [0.25, 0.3) is 0 Å². The third-order valence-electron chi connectivity index (χ3n) is 16.5. The Morgan fingerprint density at radius 2 is 0.479 bits per heavy atom. The molecule has 8 aromatic rings. The summed E-state index contributed by atoms with van der Waals surface area (Å²) in [5.74, 6) is 0. The van der Waals surface area contributed by atoms with Gasteiger partial charge >= 0.3 is 0 Å². The highest BCUT2D eigenvalue weighted by molar-refractivity contribution is 5.30. The Hall–Kier alpha value is -6.36. The predicted molar refractivity (Wildman–Crippen MR) is 300 cm³/mol. The van der Waals surface area contributed by atoms with Gasteiger partial charge in [-0.2, -0.15) is 0 Å². The van der Waals surface area contributed by atoms with Crippen LogP contribution in [-0.4, -0.2) is 34.6 Å². The minimum absolute atomic E-state index is 0.0122. The lowest BCUT2D eigenvalue weighted by atomic mass is 9.68. The van der Waals surface area contributed by atoms with E-state index in [1.54, 1.807) is 0 Å². The van der Waals surface area contributed by atoms with Crippen LogP contribution in [0.5, 0.6) is 0 Å². The second kappa shape index (κ2) is 24.1. The summed E-state index contributed by atoms with van der Waals surface area (Å²) in [7, 11) is 0. The van der Waals surface area contributed by atoms with Crippen LogP contribution in [0.2, 0.25) is 0 Å². The highest BCUT2D eigenvalue weighted by Gasteiger charge is 2.74. The zero-order chi connectivity index (χ0) is 49.5. The Bertz CT molecular complexity index is 2540. The molecule has 0 N–H and O–H groups in total. The molecule has 2 saturated heterocycles. The van der Waals surface area contributed by atoms with Gasteiger partial charge in [0, 0.05) is 0 Å². The van der Waals surface area contributed by atoms with Crippen molar-refractivity contribution in [2.75, 3.05) is 0 Å². The average molecular weight is 963 g/mol. The van der Waals surface area contributed by atoms with Gasteiger partial charge < -0.3 is 14.2 Å². The molecule has 4 unspecified atom stereocenters. The lowest BCUT2D eigenvalue weighted by molar-refractivity contribution is -0.228. The molecule has 2 heterocycles. The third-order valence-corrected chi connectivity index (χ3v) is 16.5. The summed E-state index contributed by atoms with van der Waals surface area (Å²) in [5.41, 5.74) is 8.14. The van der Waals surface area contributed by atoms with Crippen molar-refractivity contribution in [3.63, 3.8) is 0 Å². The van der Waals surface area contributed by atoms with Crippen molar-refractivity contribution in [1.82, 2.24) is 0 Å². The number of hydrogen-bond donors (Lipinski definition) is 0. The lowest BCUT2D eigenvalue weighted by Gasteiger charge is -2.51. The molecule has 8 aromatic carbocycles. The lowest BCUT2D eigenvalue weighted by Crippen LogP contribution is -2.61. The summed E-state index contributed by atoms with van der Waals surface area (Å²) in [5, 5.41) is 0. The Kier molecular flexibility index (Phi) is 16.6. The summed E-state index contributed by atoms with van der Waals surface area (Å²) in [6, 6.07) is 88.8. The molecule has 0 radical (unpaired) electrons. The minimum Gasteiger partial charge on any atom is -0.363 e. The number of aryl methyl sites for hydroxylation is 8. The summed E-state index contributed by atoms with van der Waals surface area (Å²) < 4.78 is 24.4. The van der Waals surface area contributed by atoms with Crippen LogP contribution in [-0.2, 0) is 65.6 Å². The highest BCUT2D eigenvalue weighted by Crippen LogP contribution is 2.63. The average Bonchev–Trinajstić information content (AvgIpc) is 4.39. The molecule has 3 nitrogen and oxygen atoms in total. The highest BCUT2D eigenvalue weighted by atomic mass is 16.7. The first-order chi connectivity index (χ1) is 36.0. The van der Waals surface area contributed by atoms with Crippen molar-refractivity contribution < 1.29 is 14.2 Å². The number of rotatable bonds is 28. The maximum Gasteiger partial charge on any atom is 0.124 e. The van der Waals surface area contributed by atoms with Crippen LogP contribution < -0.4 is 0 Å². The summed E-state index contributed by atoms with van der Waals surface area (Å²) in [6.45, 7) is 0. The van der Waals surface area contributed by atoms with Gasteiger partial charge in [-0.3, -0.25) is 0 Å². The molecule has 372 valence electrons. The SMILES string of the molecule is c1ccc(CCC2OC2(CCc2ccccc2)C(CCc2ccccc2)(CCc2ccccc2)OC(CCc2ccccc2)(CCc2ccccc2)C2(CCc3ccccc3)OC2CCc2ccccc2)cc1. The Morgan fingerprint density at radius 3 is 0.712 bits per heavy atom. The quantitative estimate of drug-likeness (QED) is 0.0459. The fourth-order valence-electron chi connectivity index (χ4n) is 12.4. The van der Waals surface area contributed by atoms with Gasteiger partial charge in [0.25, 0.3) is 0 Å². The molecule has 3 heteroatoms. The molecule has 0 spiro atoms. The van der Waals surface area contributed by atoms with Crippen molar-refractivity contribution in [3.8, 4) is 0 Å². The smallest absolute Gasteiger partial charge is 0.124 e. The Labute approximate surface area is 436 Å². The zero-order valence-electron chi connectivity index (χ0n) is 42.8. The molecule has 73 heavy (non-hydrogen) atoms. The van der Waals surface area contributed by atoms with Crippen LogP contribution in [0.15, 0.2) is 243 Å². The van der Waals surface area contributed by atoms with Gasteiger partial charge in [0.05, 0.1) is 12.2 Å². The number of epoxide rings is 2. The topological polar surface area (TPSA) is 34.3 Å². The van der Waals surface area contributed by atoms with Gasteiger partial charge in [-0.05, 0) is 147 Å². The van der Waals surface area contributed by atoms with E-state index in [2.05, 4.69) is 243 Å². The monoisotopic (exact) mass is 963 g/mol. The number of benzene rings is 8. The first-order valence-corrected chi connectivity index (χ1v) is 27.4. The van der Waals surface area contributed by atoms with Crippen LogP contribution in [0, 0.1) is 0 Å². The maximum atomic E-state index is 9.06. The normalized spacial score (nSPS) is 19.3. The molecule has 2 fully saturated rings. The molecule has 0 bridgehead atoms. The molecule has 4 atom stereocenters. The second-order valence-electron chi connectivity index (χ2n) is 21.0. The van der Waals surface area contributed by atoms with Crippen molar-refractivity contribution in [2.24, 2.45) is 0 Å². The van der Waals surface area contributed by atoms with Crippen molar-refractivity contribution in [1.29, 1.82) is 0 Å². The molecule has 2 aliphatic heterocycles. The van der Waals surface area contributed by atoms with Gasteiger partial charge in [-0.25, -0.2) is 0 Å². The summed E-state index contributed by atoms with van der Waals surface area (Å²) in [6.07, 6.45) is 14.1. The van der Waals surface area contributed by atoms with Gasteiger partial charge in [-0.1, -0.05) is 243 Å². The second-order valence-corrected chi connectivity index (χ2v) is 21.0. The van der Waals surface area contributed by atoms with E-state index >= 15 is 0 Å². The van der Waals surface area contributed by atoms with E-state index in [0.717, 1.165) is 103 Å². The Balaban J connectivity index is 1.16. The van der Waals surface area contributed by atoms with Crippen molar-refractivity contribution in [2.45, 2.75) is 137 Å². The fourth-order valence-corrected chi connectivity index (χ4v) is 12.4. The maximum absolute atomic E-state index is 9.06. The first kappa shape index (κ1) is 50.2. The van der Waals surface area contributed by atoms with Gasteiger partial charge in [0.15, 0.2) is 0 Å². The summed E-state index contributed by atoms with van der Waals surface area (Å²) in [4.78, 5) is 0. The minimum atomic E-state index is -0.710. The van der Waals surface area contributed by atoms with Gasteiger partial charge in [-0.15, -0.1) is 0 Å². The molecular weight excluding hydrogens is 889 g/mol. The molecular formula is C70H74O3. The molecule has 0 amide bonds. The van der Waals surface area contributed by atoms with Crippen LogP contribution in [0.3, 0.4) is 0 Å². The Morgan fingerprint density at radius 1 is 0.274 bits per heavy atom. The van der Waals surface area contributed by atoms with Gasteiger partial charge in [0.1, 0.15) is 22.4 Å². The fraction of sp³-hybridized carbons (Fsp3) is 0.314. The largest absolute Gasteiger partial charge is 0.363 e. The van der Waals surface area contributed by atoms with Gasteiger partial charge in [0.2, 0.25) is 0 Å². The molecule has 0 saturated carbocycles. The van der Waals surface area contributed by atoms with E-state index < -0.39 is 22.4 Å². The number of ether oxygens (including phenoxy) is 3. The van der Waals surface area contributed by atoms with E-state index in [9.17, 15) is 0 Å². The van der Waals surface area contributed by atoms with E-state index in [-0.39, 0.29) is 12.2 Å². The van der Waals surface area contributed by atoms with Crippen molar-refractivity contribution >= 4 is 0 Å². The standard InChI is InChI=1S/C70H74O3/c1-9-25-57(26-10-1)41-43-65-69(71-65,55-49-63-37-21-7-22-38-63)67(51-45-59-29-13-3-14-30-59,52-46-60-31-15-4-16-32-60)73-68(53-47-61-33-17-5-18-34-61,54-48-62-35-19-6-20-36-62)70(56-50-64-39-23-8-24-40-64)66(72-70)44-42-58-27-11-2-12-28-58/h1-40,65-66H,41-56H2. The third kappa shape index (κ3) is 12.5. The van der Waals surface area contributed by atoms with E-state index in [4.69, 9.17) is 14.2 Å². The first-order valence-electron chi connectivity index (χ1n) is 27.4. The summed E-state index contributed by atoms with van der Waals surface area (Å²) >= 11 is 0. The van der Waals surface area contributed by atoms with E-state index in [1.807, 2.05) is 0 Å². The zero-order valence-corrected chi connectivity index (χ0v) is 42.8. The molecule has 2 aliphatic rings. The van der Waals surface area contributed by atoms with Crippen molar-refractivity contribution in [3.05, 3.63) is 287 Å². The van der Waals surface area contributed by atoms with Crippen LogP contribution in [0.4, 0.5) is 0 Å².